The van der Waals surface area contributed by atoms with Gasteiger partial charge in [0.15, 0.2) is 0 Å². The molecule has 0 aliphatic heterocycles. The predicted octanol–water partition coefficient (Wildman–Crippen LogP) is 6.05. The number of pyridine rings is 1. The highest BCUT2D eigenvalue weighted by molar-refractivity contribution is 6.05. The van der Waals surface area contributed by atoms with Crippen molar-refractivity contribution >= 4 is 11.6 Å². The number of nitriles is 1. The maximum atomic E-state index is 13.6. The normalized spacial score (nSPS) is 10.6. The first-order valence-electron chi connectivity index (χ1n) is 12.2. The van der Waals surface area contributed by atoms with Gasteiger partial charge in [-0.3, -0.25) is 9.59 Å². The van der Waals surface area contributed by atoms with Crippen LogP contribution in [0.1, 0.15) is 46.9 Å². The average molecular weight is 476 g/mol. The molecule has 0 aliphatic carbocycles. The SMILES string of the molecule is CCCCc1ccc(N(C)C(=O)c2ccccc2)c(=O)n1Cc1ccc(-c2ccccc2C#N)cc1. The average Bonchev–Trinajstić information content (AvgIpc) is 2.93. The lowest BCUT2D eigenvalue weighted by molar-refractivity contribution is 0.0992. The van der Waals surface area contributed by atoms with Crippen LogP contribution in [0.25, 0.3) is 11.1 Å². The van der Waals surface area contributed by atoms with Gasteiger partial charge in [0.1, 0.15) is 5.69 Å². The Hall–Kier alpha value is -4.43. The third kappa shape index (κ3) is 5.29. The van der Waals surface area contributed by atoms with E-state index >= 15 is 0 Å². The summed E-state index contributed by atoms with van der Waals surface area (Å²) in [5, 5.41) is 9.43. The van der Waals surface area contributed by atoms with Crippen LogP contribution in [0.4, 0.5) is 5.69 Å². The Balaban J connectivity index is 1.67. The zero-order valence-electron chi connectivity index (χ0n) is 20.6. The quantitative estimate of drug-likeness (QED) is 0.311. The van der Waals surface area contributed by atoms with E-state index in [-0.39, 0.29) is 11.5 Å². The van der Waals surface area contributed by atoms with E-state index in [4.69, 9.17) is 0 Å². The Morgan fingerprint density at radius 3 is 2.31 bits per heavy atom. The number of amides is 1. The Bertz CT molecular complexity index is 1450. The van der Waals surface area contributed by atoms with Gasteiger partial charge in [0.2, 0.25) is 0 Å². The molecule has 5 heteroatoms. The van der Waals surface area contributed by atoms with Gasteiger partial charge in [0.25, 0.3) is 11.5 Å². The van der Waals surface area contributed by atoms with Crippen LogP contribution < -0.4 is 10.5 Å². The van der Waals surface area contributed by atoms with Gasteiger partial charge in [-0.25, -0.2) is 0 Å². The molecule has 0 spiro atoms. The molecule has 0 atom stereocenters. The smallest absolute Gasteiger partial charge is 0.275 e. The van der Waals surface area contributed by atoms with E-state index in [1.165, 1.54) is 4.90 Å². The number of hydrogen-bond acceptors (Lipinski definition) is 3. The summed E-state index contributed by atoms with van der Waals surface area (Å²) in [6.45, 7) is 2.53. The molecule has 36 heavy (non-hydrogen) atoms. The van der Waals surface area contributed by atoms with Gasteiger partial charge in [0.05, 0.1) is 18.2 Å². The van der Waals surface area contributed by atoms with E-state index in [0.29, 0.717) is 23.4 Å². The van der Waals surface area contributed by atoms with Crippen molar-refractivity contribution in [2.45, 2.75) is 32.7 Å². The van der Waals surface area contributed by atoms with Crippen LogP contribution in [-0.4, -0.2) is 17.5 Å². The number of rotatable bonds is 8. The van der Waals surface area contributed by atoms with Crippen molar-refractivity contribution in [1.82, 2.24) is 4.57 Å². The molecule has 1 aromatic heterocycles. The van der Waals surface area contributed by atoms with Crippen molar-refractivity contribution in [1.29, 1.82) is 5.26 Å². The minimum Gasteiger partial charge on any atom is -0.307 e. The molecule has 1 heterocycles. The molecular formula is C31H29N3O2. The monoisotopic (exact) mass is 475 g/mol. The van der Waals surface area contributed by atoms with Gasteiger partial charge in [-0.05, 0) is 59.9 Å². The number of aryl methyl sites for hydroxylation is 1. The molecule has 180 valence electrons. The number of hydrogen-bond donors (Lipinski definition) is 0. The molecule has 4 aromatic rings. The van der Waals surface area contributed by atoms with Crippen LogP contribution in [0.2, 0.25) is 0 Å². The van der Waals surface area contributed by atoms with Gasteiger partial charge in [-0.2, -0.15) is 5.26 Å². The van der Waals surface area contributed by atoms with Crippen LogP contribution in [0.3, 0.4) is 0 Å². The fourth-order valence-electron chi connectivity index (χ4n) is 4.30. The second kappa shape index (κ2) is 11.3. The highest BCUT2D eigenvalue weighted by atomic mass is 16.2. The Morgan fingerprint density at radius 2 is 1.61 bits per heavy atom. The summed E-state index contributed by atoms with van der Waals surface area (Å²) in [5.41, 5.74) is 5.09. The van der Waals surface area contributed by atoms with Gasteiger partial charge >= 0.3 is 0 Å². The standard InChI is InChI=1S/C31H29N3O2/c1-3-4-13-27-19-20-29(33(2)30(35)25-10-6-5-7-11-25)31(36)34(27)22-23-15-17-24(18-16-23)28-14-9-8-12-26(28)21-32/h5-12,14-20H,3-4,13,22H2,1-2H3. The lowest BCUT2D eigenvalue weighted by Crippen LogP contribution is -2.35. The molecule has 0 aliphatic rings. The summed E-state index contributed by atoms with van der Waals surface area (Å²) in [5.74, 6) is -0.221. The number of benzene rings is 3. The maximum Gasteiger partial charge on any atom is 0.275 e. The molecule has 0 unspecified atom stereocenters. The van der Waals surface area contributed by atoms with Crippen LogP contribution in [0, 0.1) is 11.3 Å². The lowest BCUT2D eigenvalue weighted by Gasteiger charge is -2.20. The van der Waals surface area contributed by atoms with E-state index in [1.807, 2.05) is 72.8 Å². The van der Waals surface area contributed by atoms with Crippen molar-refractivity contribution in [3.8, 4) is 17.2 Å². The molecule has 0 radical (unpaired) electrons. The summed E-state index contributed by atoms with van der Waals surface area (Å²) >= 11 is 0. The van der Waals surface area contributed by atoms with E-state index < -0.39 is 0 Å². The zero-order chi connectivity index (χ0) is 25.5. The summed E-state index contributed by atoms with van der Waals surface area (Å²) < 4.78 is 1.78. The Morgan fingerprint density at radius 1 is 0.917 bits per heavy atom. The van der Waals surface area contributed by atoms with Crippen molar-refractivity contribution in [3.05, 3.63) is 124 Å². The first-order valence-corrected chi connectivity index (χ1v) is 12.2. The largest absolute Gasteiger partial charge is 0.307 e. The molecule has 0 N–H and O–H groups in total. The maximum absolute atomic E-state index is 13.6. The lowest BCUT2D eigenvalue weighted by atomic mass is 9.99. The molecule has 0 saturated carbocycles. The minimum atomic E-state index is -0.221. The Labute approximate surface area is 211 Å². The fraction of sp³-hybridized carbons (Fsp3) is 0.194. The van der Waals surface area contributed by atoms with Crippen molar-refractivity contribution in [2.75, 3.05) is 11.9 Å². The fourth-order valence-corrected chi connectivity index (χ4v) is 4.30. The van der Waals surface area contributed by atoms with E-state index in [9.17, 15) is 14.9 Å². The van der Waals surface area contributed by atoms with Gasteiger partial charge < -0.3 is 9.47 Å². The summed E-state index contributed by atoms with van der Waals surface area (Å²) in [7, 11) is 1.64. The van der Waals surface area contributed by atoms with Gasteiger partial charge in [-0.15, -0.1) is 0 Å². The Kier molecular flexibility index (Phi) is 7.77. The number of unbranched alkanes of at least 4 members (excludes halogenated alkanes) is 1. The van der Waals surface area contributed by atoms with Gasteiger partial charge in [-0.1, -0.05) is 74.0 Å². The van der Waals surface area contributed by atoms with E-state index in [0.717, 1.165) is 41.6 Å². The zero-order valence-corrected chi connectivity index (χ0v) is 20.6. The molecule has 5 nitrogen and oxygen atoms in total. The molecule has 4 rings (SSSR count). The third-order valence-electron chi connectivity index (χ3n) is 6.37. The molecule has 0 bridgehead atoms. The first-order chi connectivity index (χ1) is 17.5. The minimum absolute atomic E-state index is 0.186. The van der Waals surface area contributed by atoms with Crippen LogP contribution >= 0.6 is 0 Å². The third-order valence-corrected chi connectivity index (χ3v) is 6.37. The van der Waals surface area contributed by atoms with E-state index in [1.54, 1.807) is 29.8 Å². The van der Waals surface area contributed by atoms with Crippen LogP contribution in [-0.2, 0) is 13.0 Å². The van der Waals surface area contributed by atoms with Crippen molar-refractivity contribution in [2.24, 2.45) is 0 Å². The molecule has 1 amide bonds. The highest BCUT2D eigenvalue weighted by Crippen LogP contribution is 2.24. The summed E-state index contributed by atoms with van der Waals surface area (Å²) in [4.78, 5) is 28.1. The van der Waals surface area contributed by atoms with Crippen LogP contribution in [0.15, 0.2) is 95.8 Å². The number of anilines is 1. The van der Waals surface area contributed by atoms with E-state index in [2.05, 4.69) is 13.0 Å². The highest BCUT2D eigenvalue weighted by Gasteiger charge is 2.19. The molecule has 0 fully saturated rings. The topological polar surface area (TPSA) is 66.1 Å². The van der Waals surface area contributed by atoms with Gasteiger partial charge in [0, 0.05) is 18.3 Å². The predicted molar refractivity (Wildman–Crippen MR) is 144 cm³/mol. The molecule has 3 aromatic carbocycles. The summed E-state index contributed by atoms with van der Waals surface area (Å²) in [6.07, 6.45) is 2.78. The van der Waals surface area contributed by atoms with Crippen LogP contribution in [0.5, 0.6) is 0 Å². The molecular weight excluding hydrogens is 446 g/mol. The summed E-state index contributed by atoms with van der Waals surface area (Å²) in [6, 6.07) is 30.4. The first kappa shape index (κ1) is 24.7. The second-order valence-electron chi connectivity index (χ2n) is 8.79. The molecule has 0 saturated heterocycles. The van der Waals surface area contributed by atoms with Crippen molar-refractivity contribution in [3.63, 3.8) is 0 Å². The van der Waals surface area contributed by atoms with Crippen molar-refractivity contribution < 1.29 is 4.79 Å². The number of aromatic nitrogens is 1. The second-order valence-corrected chi connectivity index (χ2v) is 8.79. The number of carbonyl (C=O) groups is 1. The number of nitrogens with zero attached hydrogens (tertiary/aromatic N) is 3. The number of carbonyl (C=O) groups excluding carboxylic acids is 1.